The minimum Gasteiger partial charge on any atom is -0.456 e. The standard InChI is InChI=1S/C26H24ClN3O3/c1-14-3-8-18(15(2)11-14)16-4-6-17(7-5-16)23-19(27)12-20-25(29-23)30-26(28-20)33-22-13-32-21-9-10-31-24(21)22/h3-8,11-12,21-22,24H,9-10,13H2,1-2H3,(H,28,29,30). The molecular formula is C26H24ClN3O3. The van der Waals surface area contributed by atoms with Crippen molar-refractivity contribution in [2.75, 3.05) is 13.2 Å². The van der Waals surface area contributed by atoms with E-state index in [2.05, 4.69) is 54.1 Å². The Kier molecular flexibility index (Phi) is 5.09. The second-order valence-electron chi connectivity index (χ2n) is 8.78. The van der Waals surface area contributed by atoms with Gasteiger partial charge in [0.05, 0.1) is 28.9 Å². The van der Waals surface area contributed by atoms with Crippen LogP contribution in [0.1, 0.15) is 17.5 Å². The van der Waals surface area contributed by atoms with Crippen molar-refractivity contribution in [3.63, 3.8) is 0 Å². The molecule has 0 aliphatic carbocycles. The molecule has 1 N–H and O–H groups in total. The van der Waals surface area contributed by atoms with Crippen LogP contribution in [0.5, 0.6) is 6.01 Å². The Balaban J connectivity index is 1.27. The first-order valence-corrected chi connectivity index (χ1v) is 11.6. The van der Waals surface area contributed by atoms with E-state index in [4.69, 9.17) is 30.8 Å². The molecule has 168 valence electrons. The number of ether oxygens (including phenoxy) is 3. The first-order valence-electron chi connectivity index (χ1n) is 11.2. The number of hydrogen-bond donors (Lipinski definition) is 1. The van der Waals surface area contributed by atoms with Gasteiger partial charge in [0.15, 0.2) is 11.8 Å². The van der Waals surface area contributed by atoms with Gasteiger partial charge in [0, 0.05) is 12.2 Å². The van der Waals surface area contributed by atoms with E-state index >= 15 is 0 Å². The Morgan fingerprint density at radius 2 is 1.82 bits per heavy atom. The average molecular weight is 462 g/mol. The minimum absolute atomic E-state index is 0.0407. The van der Waals surface area contributed by atoms with Crippen LogP contribution in [0, 0.1) is 13.8 Å². The van der Waals surface area contributed by atoms with Crippen LogP contribution in [-0.2, 0) is 9.47 Å². The molecular weight excluding hydrogens is 438 g/mol. The van der Waals surface area contributed by atoms with Crippen molar-refractivity contribution in [1.29, 1.82) is 0 Å². The maximum Gasteiger partial charge on any atom is 0.296 e. The zero-order valence-electron chi connectivity index (χ0n) is 18.5. The summed E-state index contributed by atoms with van der Waals surface area (Å²) in [5.41, 5.74) is 7.82. The maximum atomic E-state index is 6.60. The van der Waals surface area contributed by atoms with Gasteiger partial charge in [-0.1, -0.05) is 59.6 Å². The number of H-pyrrole nitrogens is 1. The topological polar surface area (TPSA) is 69.3 Å². The first-order chi connectivity index (χ1) is 16.0. The molecule has 3 unspecified atom stereocenters. The largest absolute Gasteiger partial charge is 0.456 e. The Hall–Kier alpha value is -2.93. The predicted molar refractivity (Wildman–Crippen MR) is 128 cm³/mol. The highest BCUT2D eigenvalue weighted by atomic mass is 35.5. The molecule has 2 aromatic heterocycles. The molecule has 2 aromatic carbocycles. The Morgan fingerprint density at radius 1 is 1.00 bits per heavy atom. The van der Waals surface area contributed by atoms with E-state index in [0.29, 0.717) is 35.6 Å². The van der Waals surface area contributed by atoms with Gasteiger partial charge in [-0.25, -0.2) is 4.98 Å². The van der Waals surface area contributed by atoms with Gasteiger partial charge in [0.1, 0.15) is 6.10 Å². The number of pyridine rings is 1. The molecule has 0 amide bonds. The number of imidazole rings is 1. The highest BCUT2D eigenvalue weighted by Crippen LogP contribution is 2.33. The van der Waals surface area contributed by atoms with E-state index in [1.807, 2.05) is 18.2 Å². The molecule has 7 heteroatoms. The SMILES string of the molecule is Cc1ccc(-c2ccc(-c3nc4nc(OC5COC6CCOC65)[nH]c4cc3Cl)cc2)c(C)c1. The molecule has 3 atom stereocenters. The summed E-state index contributed by atoms with van der Waals surface area (Å²) in [5.74, 6) is 0. The molecule has 6 rings (SSSR count). The van der Waals surface area contributed by atoms with E-state index < -0.39 is 0 Å². The number of aromatic amines is 1. The molecule has 2 fully saturated rings. The van der Waals surface area contributed by atoms with Gasteiger partial charge in [0.25, 0.3) is 6.01 Å². The van der Waals surface area contributed by atoms with Crippen molar-refractivity contribution >= 4 is 22.8 Å². The van der Waals surface area contributed by atoms with Gasteiger partial charge in [-0.15, -0.1) is 0 Å². The summed E-state index contributed by atoms with van der Waals surface area (Å²) in [7, 11) is 0. The second-order valence-corrected chi connectivity index (χ2v) is 9.19. The van der Waals surface area contributed by atoms with Crippen molar-refractivity contribution in [3.05, 3.63) is 64.7 Å². The zero-order chi connectivity index (χ0) is 22.5. The molecule has 2 saturated heterocycles. The predicted octanol–water partition coefficient (Wildman–Crippen LogP) is 5.50. The molecule has 6 nitrogen and oxygen atoms in total. The lowest BCUT2D eigenvalue weighted by atomic mass is 9.97. The summed E-state index contributed by atoms with van der Waals surface area (Å²) in [5, 5.41) is 0.556. The van der Waals surface area contributed by atoms with Gasteiger partial charge in [-0.2, -0.15) is 4.98 Å². The van der Waals surface area contributed by atoms with Crippen LogP contribution in [0.4, 0.5) is 0 Å². The quantitative estimate of drug-likeness (QED) is 0.434. The molecule has 0 saturated carbocycles. The number of aryl methyl sites for hydroxylation is 2. The van der Waals surface area contributed by atoms with E-state index in [-0.39, 0.29) is 18.3 Å². The monoisotopic (exact) mass is 461 g/mol. The number of hydrogen-bond acceptors (Lipinski definition) is 5. The Bertz CT molecular complexity index is 1330. The van der Waals surface area contributed by atoms with Crippen LogP contribution < -0.4 is 4.74 Å². The number of nitrogens with zero attached hydrogens (tertiary/aromatic N) is 2. The lowest BCUT2D eigenvalue weighted by Gasteiger charge is -2.15. The third-order valence-electron chi connectivity index (χ3n) is 6.44. The summed E-state index contributed by atoms with van der Waals surface area (Å²) in [6, 6.07) is 17.0. The Labute approximate surface area is 196 Å². The van der Waals surface area contributed by atoms with Crippen LogP contribution in [0.2, 0.25) is 5.02 Å². The van der Waals surface area contributed by atoms with Crippen LogP contribution in [0.15, 0.2) is 48.5 Å². The normalized spacial score (nSPS) is 22.1. The van der Waals surface area contributed by atoms with E-state index in [1.165, 1.54) is 16.7 Å². The van der Waals surface area contributed by atoms with Gasteiger partial charge in [0.2, 0.25) is 0 Å². The van der Waals surface area contributed by atoms with Crippen molar-refractivity contribution in [2.24, 2.45) is 0 Å². The Morgan fingerprint density at radius 3 is 2.64 bits per heavy atom. The van der Waals surface area contributed by atoms with Crippen LogP contribution in [0.3, 0.4) is 0 Å². The fourth-order valence-electron chi connectivity index (χ4n) is 4.77. The lowest BCUT2D eigenvalue weighted by Crippen LogP contribution is -2.32. The number of rotatable bonds is 4. The molecule has 4 aromatic rings. The molecule has 0 bridgehead atoms. The number of nitrogens with one attached hydrogen (secondary N) is 1. The summed E-state index contributed by atoms with van der Waals surface area (Å²) >= 11 is 6.60. The summed E-state index contributed by atoms with van der Waals surface area (Å²) < 4.78 is 17.6. The third kappa shape index (κ3) is 3.78. The average Bonchev–Trinajstić information content (AvgIpc) is 3.50. The van der Waals surface area contributed by atoms with E-state index in [0.717, 1.165) is 23.1 Å². The molecule has 0 spiro atoms. The van der Waals surface area contributed by atoms with Crippen LogP contribution >= 0.6 is 11.6 Å². The van der Waals surface area contributed by atoms with E-state index in [1.54, 1.807) is 0 Å². The maximum absolute atomic E-state index is 6.60. The molecule has 2 aliphatic rings. The summed E-state index contributed by atoms with van der Waals surface area (Å²) in [6.45, 7) is 5.45. The number of aromatic nitrogens is 3. The lowest BCUT2D eigenvalue weighted by molar-refractivity contribution is 0.0273. The zero-order valence-corrected chi connectivity index (χ0v) is 19.2. The minimum atomic E-state index is -0.175. The van der Waals surface area contributed by atoms with Crippen molar-refractivity contribution in [3.8, 4) is 28.4 Å². The van der Waals surface area contributed by atoms with Crippen molar-refractivity contribution < 1.29 is 14.2 Å². The number of halogens is 1. The van der Waals surface area contributed by atoms with E-state index in [9.17, 15) is 0 Å². The summed E-state index contributed by atoms with van der Waals surface area (Å²) in [4.78, 5) is 12.4. The smallest absolute Gasteiger partial charge is 0.296 e. The van der Waals surface area contributed by atoms with Crippen molar-refractivity contribution in [1.82, 2.24) is 15.0 Å². The number of fused-ring (bicyclic) bond motifs is 2. The van der Waals surface area contributed by atoms with Gasteiger partial charge in [-0.05, 0) is 43.0 Å². The van der Waals surface area contributed by atoms with Crippen molar-refractivity contribution in [2.45, 2.75) is 38.6 Å². The molecule has 33 heavy (non-hydrogen) atoms. The van der Waals surface area contributed by atoms with Gasteiger partial charge in [-0.3, -0.25) is 0 Å². The van der Waals surface area contributed by atoms with Gasteiger partial charge < -0.3 is 19.2 Å². The first kappa shape index (κ1) is 20.7. The third-order valence-corrected chi connectivity index (χ3v) is 6.73. The second kappa shape index (κ2) is 8.13. The highest BCUT2D eigenvalue weighted by Gasteiger charge is 2.43. The van der Waals surface area contributed by atoms with Crippen LogP contribution in [0.25, 0.3) is 33.5 Å². The fraction of sp³-hybridized carbons (Fsp3) is 0.308. The van der Waals surface area contributed by atoms with Gasteiger partial charge >= 0.3 is 0 Å². The molecule has 4 heterocycles. The molecule has 0 radical (unpaired) electrons. The summed E-state index contributed by atoms with van der Waals surface area (Å²) in [6.07, 6.45) is 0.810. The molecule has 2 aliphatic heterocycles. The number of benzene rings is 2. The van der Waals surface area contributed by atoms with Crippen LogP contribution in [-0.4, -0.2) is 46.5 Å². The fourth-order valence-corrected chi connectivity index (χ4v) is 5.03. The highest BCUT2D eigenvalue weighted by molar-refractivity contribution is 6.33.